The standard InChI is InChI=1S/C16H10N2O4S.C2H6/c19-17(20)13-5-1-11(2-6-13)15-9-10-16(23-15)12-3-7-14(8-4-12)18(21)22;1-2/h1-10H;1-2H3. The molecule has 0 spiro atoms. The molecule has 0 saturated carbocycles. The topological polar surface area (TPSA) is 86.3 Å². The Hall–Kier alpha value is -3.06. The van der Waals surface area contributed by atoms with Crippen molar-refractivity contribution in [2.24, 2.45) is 0 Å². The molecule has 0 saturated heterocycles. The van der Waals surface area contributed by atoms with E-state index in [4.69, 9.17) is 0 Å². The number of rotatable bonds is 4. The van der Waals surface area contributed by atoms with Gasteiger partial charge in [0.25, 0.3) is 11.4 Å². The fourth-order valence-electron chi connectivity index (χ4n) is 2.14. The SMILES string of the molecule is CC.O=[N+]([O-])c1ccc(-c2ccc(-c3ccc([N+](=O)[O-])cc3)s2)cc1. The van der Waals surface area contributed by atoms with Crippen LogP contribution in [0.5, 0.6) is 0 Å². The lowest BCUT2D eigenvalue weighted by atomic mass is 10.1. The summed E-state index contributed by atoms with van der Waals surface area (Å²) in [5, 5.41) is 21.3. The van der Waals surface area contributed by atoms with Crippen LogP contribution in [0.4, 0.5) is 11.4 Å². The molecule has 0 aliphatic heterocycles. The van der Waals surface area contributed by atoms with Gasteiger partial charge in [-0.1, -0.05) is 13.8 Å². The molecule has 3 rings (SSSR count). The first kappa shape index (κ1) is 18.3. The minimum Gasteiger partial charge on any atom is -0.258 e. The van der Waals surface area contributed by atoms with E-state index in [1.807, 2.05) is 26.0 Å². The quantitative estimate of drug-likeness (QED) is 0.428. The van der Waals surface area contributed by atoms with E-state index < -0.39 is 9.85 Å². The van der Waals surface area contributed by atoms with Crippen molar-refractivity contribution in [3.63, 3.8) is 0 Å². The monoisotopic (exact) mass is 356 g/mol. The minimum atomic E-state index is -0.430. The highest BCUT2D eigenvalue weighted by Crippen LogP contribution is 2.35. The molecule has 0 aliphatic rings. The van der Waals surface area contributed by atoms with Crippen molar-refractivity contribution >= 4 is 22.7 Å². The Kier molecular flexibility index (Phi) is 5.97. The second-order valence-corrected chi connectivity index (χ2v) is 5.86. The predicted octanol–water partition coefficient (Wildman–Crippen LogP) is 5.92. The zero-order valence-corrected chi connectivity index (χ0v) is 14.5. The lowest BCUT2D eigenvalue weighted by molar-refractivity contribution is -0.385. The van der Waals surface area contributed by atoms with Crippen LogP contribution in [-0.4, -0.2) is 9.85 Å². The van der Waals surface area contributed by atoms with Gasteiger partial charge >= 0.3 is 0 Å². The average Bonchev–Trinajstić information content (AvgIpc) is 3.13. The Labute approximate surface area is 148 Å². The van der Waals surface area contributed by atoms with E-state index in [1.165, 1.54) is 35.6 Å². The summed E-state index contributed by atoms with van der Waals surface area (Å²) in [6, 6.07) is 16.6. The number of hydrogen-bond acceptors (Lipinski definition) is 5. The van der Waals surface area contributed by atoms with E-state index in [-0.39, 0.29) is 11.4 Å². The molecule has 1 heterocycles. The Morgan fingerprint density at radius 3 is 1.24 bits per heavy atom. The first-order valence-corrected chi connectivity index (χ1v) is 8.46. The Balaban J connectivity index is 0.00000109. The van der Waals surface area contributed by atoms with Crippen LogP contribution >= 0.6 is 11.3 Å². The van der Waals surface area contributed by atoms with E-state index >= 15 is 0 Å². The second-order valence-electron chi connectivity index (χ2n) is 4.77. The maximum Gasteiger partial charge on any atom is 0.269 e. The number of nitrogens with zero attached hydrogens (tertiary/aromatic N) is 2. The van der Waals surface area contributed by atoms with Crippen LogP contribution in [0, 0.1) is 20.2 Å². The fourth-order valence-corrected chi connectivity index (χ4v) is 3.16. The smallest absolute Gasteiger partial charge is 0.258 e. The fraction of sp³-hybridized carbons (Fsp3) is 0.111. The van der Waals surface area contributed by atoms with Crippen LogP contribution in [0.1, 0.15) is 13.8 Å². The number of thiophene rings is 1. The number of nitro groups is 2. The molecule has 0 bridgehead atoms. The lowest BCUT2D eigenvalue weighted by Gasteiger charge is -1.98. The highest BCUT2D eigenvalue weighted by atomic mass is 32.1. The lowest BCUT2D eigenvalue weighted by Crippen LogP contribution is -1.86. The molecule has 7 heteroatoms. The third kappa shape index (κ3) is 4.27. The molecule has 0 fully saturated rings. The van der Waals surface area contributed by atoms with Crippen molar-refractivity contribution in [1.82, 2.24) is 0 Å². The first-order chi connectivity index (χ1) is 12.0. The van der Waals surface area contributed by atoms with Crippen molar-refractivity contribution < 1.29 is 9.85 Å². The van der Waals surface area contributed by atoms with Crippen LogP contribution in [-0.2, 0) is 0 Å². The van der Waals surface area contributed by atoms with Crippen molar-refractivity contribution in [1.29, 1.82) is 0 Å². The summed E-state index contributed by atoms with van der Waals surface area (Å²) >= 11 is 1.53. The van der Waals surface area contributed by atoms with E-state index in [0.717, 1.165) is 20.9 Å². The average molecular weight is 356 g/mol. The second kappa shape index (κ2) is 8.16. The van der Waals surface area contributed by atoms with Gasteiger partial charge < -0.3 is 0 Å². The summed E-state index contributed by atoms with van der Waals surface area (Å²) in [6.45, 7) is 4.00. The molecule has 1 aromatic heterocycles. The zero-order chi connectivity index (χ0) is 18.4. The molecule has 0 amide bonds. The van der Waals surface area contributed by atoms with E-state index in [0.29, 0.717) is 0 Å². The summed E-state index contributed by atoms with van der Waals surface area (Å²) in [5.41, 5.74) is 1.91. The minimum absolute atomic E-state index is 0.0564. The first-order valence-electron chi connectivity index (χ1n) is 7.64. The van der Waals surface area contributed by atoms with Crippen molar-refractivity contribution in [2.75, 3.05) is 0 Å². The maximum atomic E-state index is 10.7. The maximum absolute atomic E-state index is 10.7. The third-order valence-corrected chi connectivity index (χ3v) is 4.51. The molecule has 0 N–H and O–H groups in total. The summed E-state index contributed by atoms with van der Waals surface area (Å²) in [5.74, 6) is 0. The number of non-ortho nitro benzene ring substituents is 2. The Morgan fingerprint density at radius 1 is 0.640 bits per heavy atom. The van der Waals surface area contributed by atoms with Crippen LogP contribution in [0.3, 0.4) is 0 Å². The number of nitro benzene ring substituents is 2. The van der Waals surface area contributed by atoms with Crippen molar-refractivity contribution in [3.8, 4) is 20.9 Å². The summed E-state index contributed by atoms with van der Waals surface area (Å²) in [4.78, 5) is 22.4. The number of benzene rings is 2. The van der Waals surface area contributed by atoms with E-state index in [1.54, 1.807) is 24.3 Å². The van der Waals surface area contributed by atoms with Gasteiger partial charge in [0.15, 0.2) is 0 Å². The highest BCUT2D eigenvalue weighted by molar-refractivity contribution is 7.18. The van der Waals surface area contributed by atoms with Gasteiger partial charge in [-0.3, -0.25) is 20.2 Å². The zero-order valence-electron chi connectivity index (χ0n) is 13.7. The van der Waals surface area contributed by atoms with E-state index in [2.05, 4.69) is 0 Å². The number of hydrogen-bond donors (Lipinski definition) is 0. The van der Waals surface area contributed by atoms with Gasteiger partial charge in [-0.2, -0.15) is 0 Å². The van der Waals surface area contributed by atoms with Gasteiger partial charge in [0.05, 0.1) is 9.85 Å². The molecule has 2 aromatic carbocycles. The molecule has 128 valence electrons. The summed E-state index contributed by atoms with van der Waals surface area (Å²) < 4.78 is 0. The molecule has 0 radical (unpaired) electrons. The molecule has 25 heavy (non-hydrogen) atoms. The summed E-state index contributed by atoms with van der Waals surface area (Å²) in [7, 11) is 0. The molecule has 0 unspecified atom stereocenters. The van der Waals surface area contributed by atoms with Crippen molar-refractivity contribution in [3.05, 3.63) is 80.9 Å². The van der Waals surface area contributed by atoms with Gasteiger partial charge in [0, 0.05) is 34.0 Å². The van der Waals surface area contributed by atoms with Gasteiger partial charge in [-0.05, 0) is 47.5 Å². The van der Waals surface area contributed by atoms with Crippen LogP contribution in [0.25, 0.3) is 20.9 Å². The highest BCUT2D eigenvalue weighted by Gasteiger charge is 2.09. The predicted molar refractivity (Wildman–Crippen MR) is 99.8 cm³/mol. The Bertz CT molecular complexity index is 799. The van der Waals surface area contributed by atoms with Crippen LogP contribution in [0.15, 0.2) is 60.7 Å². The molecule has 0 aliphatic carbocycles. The summed E-state index contributed by atoms with van der Waals surface area (Å²) in [6.07, 6.45) is 0. The normalized spacial score (nSPS) is 9.84. The largest absolute Gasteiger partial charge is 0.269 e. The van der Waals surface area contributed by atoms with Crippen molar-refractivity contribution in [2.45, 2.75) is 13.8 Å². The Morgan fingerprint density at radius 2 is 0.960 bits per heavy atom. The third-order valence-electron chi connectivity index (χ3n) is 3.33. The van der Waals surface area contributed by atoms with Gasteiger partial charge in [-0.15, -0.1) is 11.3 Å². The molecule has 6 nitrogen and oxygen atoms in total. The van der Waals surface area contributed by atoms with Gasteiger partial charge in [-0.25, -0.2) is 0 Å². The van der Waals surface area contributed by atoms with Gasteiger partial charge in [0.1, 0.15) is 0 Å². The molecular formula is C18H16N2O4S. The molecule has 3 aromatic rings. The molecular weight excluding hydrogens is 340 g/mol. The van der Waals surface area contributed by atoms with E-state index in [9.17, 15) is 20.2 Å². The molecule has 0 atom stereocenters. The van der Waals surface area contributed by atoms with Crippen LogP contribution < -0.4 is 0 Å². The van der Waals surface area contributed by atoms with Gasteiger partial charge in [0.2, 0.25) is 0 Å². The van der Waals surface area contributed by atoms with Crippen LogP contribution in [0.2, 0.25) is 0 Å².